The molecule has 4 amide bonds. The van der Waals surface area contributed by atoms with Crippen LogP contribution in [-0.2, 0) is 68.5 Å². The maximum Gasteiger partial charge on any atom is 0.326 e. The van der Waals surface area contributed by atoms with E-state index in [0.717, 1.165) is 51.4 Å². The highest BCUT2D eigenvalue weighted by Gasteiger charge is 2.40. The number of amides is 4. The van der Waals surface area contributed by atoms with E-state index in [4.69, 9.17) is 35.5 Å². The number of Topliss-reactive ketones (excluding diaryl/α,β-unsaturated/α-hetero) is 3. The van der Waals surface area contributed by atoms with Gasteiger partial charge in [0.2, 0.25) is 23.6 Å². The molecule has 5 atom stereocenters. The number of aliphatic carboxylic acids is 2. The van der Waals surface area contributed by atoms with E-state index in [1.54, 1.807) is 6.20 Å². The summed E-state index contributed by atoms with van der Waals surface area (Å²) in [4.78, 5) is 117. The van der Waals surface area contributed by atoms with Crippen LogP contribution < -0.4 is 27.4 Å². The van der Waals surface area contributed by atoms with Crippen molar-refractivity contribution >= 4 is 52.9 Å². The SMILES string of the molecule is NC(=O)[C@@H]1CCCC1C(=O)[C@H](CCCCNC(=O)COCCOCCNC(=O)COCCOCCCC(=O)CC[C@H](NC(=O)CCCCCCCCCCCCCCCCC(=O)O)C(=O)O)CC(=O)[C@@H](N)Cc1cnc[nH]1.[HH]. The lowest BCUT2D eigenvalue weighted by atomic mass is 9.80. The fourth-order valence-corrected chi connectivity index (χ4v) is 9.32. The molecule has 1 aromatic heterocycles. The fourth-order valence-electron chi connectivity index (χ4n) is 9.32. The van der Waals surface area contributed by atoms with Crippen molar-refractivity contribution in [1.29, 1.82) is 0 Å². The Morgan fingerprint density at radius 3 is 1.75 bits per heavy atom. The number of nitrogens with one attached hydrogen (secondary N) is 4. The van der Waals surface area contributed by atoms with Crippen LogP contribution in [-0.4, -0.2) is 151 Å². The molecule has 2 rings (SSSR count). The summed E-state index contributed by atoms with van der Waals surface area (Å²) in [6, 6.07) is -1.93. The van der Waals surface area contributed by atoms with Crippen LogP contribution in [0.3, 0.4) is 0 Å². The molecule has 0 aromatic carbocycles. The highest BCUT2D eigenvalue weighted by Crippen LogP contribution is 2.36. The molecule has 1 aliphatic carbocycles. The van der Waals surface area contributed by atoms with Crippen molar-refractivity contribution < 1.29 is 73.7 Å². The second kappa shape index (κ2) is 43.8. The molecule has 440 valence electrons. The predicted octanol–water partition coefficient (Wildman–Crippen LogP) is 5.07. The highest BCUT2D eigenvalue weighted by atomic mass is 16.5. The van der Waals surface area contributed by atoms with Crippen molar-refractivity contribution in [3.63, 3.8) is 0 Å². The third kappa shape index (κ3) is 35.1. The van der Waals surface area contributed by atoms with Gasteiger partial charge in [0.1, 0.15) is 30.8 Å². The maximum absolute atomic E-state index is 13.6. The summed E-state index contributed by atoms with van der Waals surface area (Å²) < 4.78 is 21.6. The van der Waals surface area contributed by atoms with Gasteiger partial charge < -0.3 is 61.6 Å². The quantitative estimate of drug-likeness (QED) is 0.0395. The van der Waals surface area contributed by atoms with Crippen LogP contribution >= 0.6 is 0 Å². The van der Waals surface area contributed by atoms with Gasteiger partial charge in [0.05, 0.1) is 45.4 Å². The molecule has 1 saturated carbocycles. The molecule has 1 aromatic rings. The molecule has 0 saturated heterocycles. The standard InChI is InChI=1S/C55H93N7O15.H2/c56-46(36-42-37-58-40-61-42)48(64)35-41(53(70)44-21-17-22-45(44)54(57)71)19-15-16-27-59-50(66)38-77-34-32-75-30-28-60-51(67)39-76-33-31-74-29-18-20-43(63)25-26-47(55(72)73)62-49(65)23-13-11-9-7-5-3-1-2-4-6-8-10-12-14-24-52(68)69;/h37,40-41,44-47H,1-36,38-39,56H2,(H2,57,71)(H,58,61)(H,59,66)(H,60,67)(H,62,65)(H,68,69)(H,72,73);1H/t41-,44?,45-,46+,47+;/m1./s1. The van der Waals surface area contributed by atoms with Crippen molar-refractivity contribution in [3.8, 4) is 0 Å². The molecule has 22 nitrogen and oxygen atoms in total. The van der Waals surface area contributed by atoms with Crippen LogP contribution in [0.5, 0.6) is 0 Å². The van der Waals surface area contributed by atoms with E-state index in [0.29, 0.717) is 57.2 Å². The van der Waals surface area contributed by atoms with E-state index in [-0.39, 0.29) is 141 Å². The Morgan fingerprint density at radius 2 is 1.18 bits per heavy atom. The number of H-pyrrole nitrogens is 1. The molecule has 0 aliphatic heterocycles. The predicted molar refractivity (Wildman–Crippen MR) is 288 cm³/mol. The van der Waals surface area contributed by atoms with Crippen LogP contribution in [0.25, 0.3) is 0 Å². The smallest absolute Gasteiger partial charge is 0.326 e. The van der Waals surface area contributed by atoms with Crippen molar-refractivity contribution in [1.82, 2.24) is 25.9 Å². The molecular formula is C55H95N7O15. The summed E-state index contributed by atoms with van der Waals surface area (Å²) in [5.41, 5.74) is 12.5. The minimum atomic E-state index is -1.17. The fraction of sp³-hybridized carbons (Fsp3) is 0.782. The molecule has 10 N–H and O–H groups in total. The van der Waals surface area contributed by atoms with Crippen LogP contribution in [0.4, 0.5) is 0 Å². The van der Waals surface area contributed by atoms with E-state index < -0.39 is 47.7 Å². The largest absolute Gasteiger partial charge is 0.481 e. The lowest BCUT2D eigenvalue weighted by molar-refractivity contribution is -0.142. The Kier molecular flexibility index (Phi) is 38.6. The minimum absolute atomic E-state index is 0. The van der Waals surface area contributed by atoms with Crippen LogP contribution in [0.1, 0.15) is 180 Å². The molecule has 0 spiro atoms. The highest BCUT2D eigenvalue weighted by molar-refractivity contribution is 5.94. The van der Waals surface area contributed by atoms with E-state index in [2.05, 4.69) is 25.9 Å². The molecule has 22 heteroatoms. The first-order valence-corrected chi connectivity index (χ1v) is 28.4. The number of carboxylic acid groups (broad SMARTS) is 2. The van der Waals surface area contributed by atoms with E-state index in [1.165, 1.54) is 44.9 Å². The van der Waals surface area contributed by atoms with Gasteiger partial charge in [0, 0.05) is 89.3 Å². The number of carboxylic acids is 2. The second-order valence-corrected chi connectivity index (χ2v) is 20.2. The van der Waals surface area contributed by atoms with Gasteiger partial charge in [-0.1, -0.05) is 89.9 Å². The summed E-state index contributed by atoms with van der Waals surface area (Å²) in [5.74, 6) is -5.50. The number of nitrogens with two attached hydrogens (primary N) is 2. The number of rotatable bonds is 52. The van der Waals surface area contributed by atoms with Gasteiger partial charge >= 0.3 is 11.9 Å². The molecule has 77 heavy (non-hydrogen) atoms. The first-order chi connectivity index (χ1) is 37.2. The van der Waals surface area contributed by atoms with Gasteiger partial charge in [-0.3, -0.25) is 38.4 Å². The van der Waals surface area contributed by atoms with Gasteiger partial charge in [-0.05, 0) is 51.4 Å². The Bertz CT molecular complexity index is 1860. The number of ether oxygens (including phenoxy) is 4. The Balaban J connectivity index is 0.0000304. The number of imidazole rings is 1. The van der Waals surface area contributed by atoms with Crippen molar-refractivity contribution in [2.24, 2.45) is 29.2 Å². The normalized spacial score (nSPS) is 15.3. The number of hydrogen-bond acceptors (Lipinski definition) is 15. The summed E-state index contributed by atoms with van der Waals surface area (Å²) in [5, 5.41) is 26.3. The summed E-state index contributed by atoms with van der Waals surface area (Å²) >= 11 is 0. The zero-order chi connectivity index (χ0) is 56.3. The second-order valence-electron chi connectivity index (χ2n) is 20.2. The molecule has 1 unspecified atom stereocenters. The van der Waals surface area contributed by atoms with Crippen molar-refractivity contribution in [2.75, 3.05) is 65.9 Å². The number of nitrogens with zero attached hydrogens (tertiary/aromatic N) is 1. The summed E-state index contributed by atoms with van der Waals surface area (Å²) in [7, 11) is 0. The van der Waals surface area contributed by atoms with Gasteiger partial charge in [-0.2, -0.15) is 0 Å². The zero-order valence-electron chi connectivity index (χ0n) is 45.7. The molecular weight excluding hydrogens is 999 g/mol. The zero-order valence-corrected chi connectivity index (χ0v) is 45.7. The van der Waals surface area contributed by atoms with E-state index >= 15 is 0 Å². The van der Waals surface area contributed by atoms with Gasteiger partial charge in [-0.15, -0.1) is 0 Å². The Labute approximate surface area is 456 Å². The Hall–Kier alpha value is -5.16. The van der Waals surface area contributed by atoms with Gasteiger partial charge in [-0.25, -0.2) is 9.78 Å². The van der Waals surface area contributed by atoms with Crippen LogP contribution in [0, 0.1) is 17.8 Å². The van der Waals surface area contributed by atoms with Crippen molar-refractivity contribution in [3.05, 3.63) is 18.2 Å². The average Bonchev–Trinajstić information content (AvgIpc) is 4.12. The number of hydrogen-bond donors (Lipinski definition) is 8. The lowest BCUT2D eigenvalue weighted by Crippen LogP contribution is -2.41. The number of aromatic amines is 1. The van der Waals surface area contributed by atoms with E-state index in [9.17, 15) is 48.3 Å². The topological polar surface area (TPSA) is 348 Å². The molecule has 1 fully saturated rings. The number of aromatic nitrogens is 2. The molecule has 0 bridgehead atoms. The first kappa shape index (κ1) is 67.9. The number of carbonyl (C=O) groups excluding carboxylic acids is 7. The van der Waals surface area contributed by atoms with Crippen LogP contribution in [0.2, 0.25) is 0 Å². The van der Waals surface area contributed by atoms with Gasteiger partial charge in [0.25, 0.3) is 0 Å². The minimum Gasteiger partial charge on any atom is -0.481 e. The summed E-state index contributed by atoms with van der Waals surface area (Å²) in [6.45, 7) is 1.48. The number of primary amides is 1. The third-order valence-electron chi connectivity index (χ3n) is 13.7. The molecule has 1 aliphatic rings. The monoisotopic (exact) mass is 1090 g/mol. The molecule has 1 heterocycles. The third-order valence-corrected chi connectivity index (χ3v) is 13.7. The number of ketones is 3. The van der Waals surface area contributed by atoms with Crippen LogP contribution in [0.15, 0.2) is 12.5 Å². The number of unbranched alkanes of at least 4 members (excludes halogenated alkanes) is 14. The van der Waals surface area contributed by atoms with E-state index in [1.807, 2.05) is 0 Å². The van der Waals surface area contributed by atoms with Gasteiger partial charge in [0.15, 0.2) is 5.78 Å². The van der Waals surface area contributed by atoms with Crippen molar-refractivity contribution in [2.45, 2.75) is 192 Å². The Morgan fingerprint density at radius 1 is 0.623 bits per heavy atom. The number of carbonyl (C=O) groups is 9. The summed E-state index contributed by atoms with van der Waals surface area (Å²) in [6.07, 6.45) is 22.9. The molecule has 0 radical (unpaired) electrons. The first-order valence-electron chi connectivity index (χ1n) is 28.4. The lowest BCUT2D eigenvalue weighted by Gasteiger charge is -2.23. The maximum atomic E-state index is 13.6. The average molecular weight is 1090 g/mol.